The third-order valence-electron chi connectivity index (χ3n) is 1.80. The zero-order valence-electron chi connectivity index (χ0n) is 8.86. The summed E-state index contributed by atoms with van der Waals surface area (Å²) in [6, 6.07) is 0. The highest BCUT2D eigenvalue weighted by Gasteiger charge is 2.14. The van der Waals surface area contributed by atoms with Gasteiger partial charge in [-0.15, -0.1) is 0 Å². The van der Waals surface area contributed by atoms with E-state index >= 15 is 0 Å². The van der Waals surface area contributed by atoms with Crippen molar-refractivity contribution in [1.82, 2.24) is 9.97 Å². The van der Waals surface area contributed by atoms with Crippen LogP contribution in [0.5, 0.6) is 0 Å². The number of hydrogen-bond acceptors (Lipinski definition) is 4. The molecular formula is C10H16N2O2. The van der Waals surface area contributed by atoms with Crippen LogP contribution < -0.4 is 0 Å². The van der Waals surface area contributed by atoms with Crippen LogP contribution in [-0.4, -0.2) is 23.2 Å². The van der Waals surface area contributed by atoms with Crippen molar-refractivity contribution in [1.29, 1.82) is 0 Å². The molecule has 0 saturated heterocycles. The maximum Gasteiger partial charge on any atom is 0.201 e. The molecule has 0 radical (unpaired) electrons. The highest BCUT2D eigenvalue weighted by Crippen LogP contribution is 2.18. The lowest BCUT2D eigenvalue weighted by molar-refractivity contribution is -0.143. The van der Waals surface area contributed by atoms with Crippen molar-refractivity contribution in [3.8, 4) is 0 Å². The Kier molecular flexibility index (Phi) is 4.49. The highest BCUT2D eigenvalue weighted by molar-refractivity contribution is 5.14. The van der Waals surface area contributed by atoms with Crippen molar-refractivity contribution >= 4 is 0 Å². The van der Waals surface area contributed by atoms with Crippen molar-refractivity contribution in [2.75, 3.05) is 13.2 Å². The molecule has 0 atom stereocenters. The Morgan fingerprint density at radius 3 is 2.43 bits per heavy atom. The van der Waals surface area contributed by atoms with Gasteiger partial charge in [0.25, 0.3) is 0 Å². The molecule has 0 amide bonds. The molecule has 1 aromatic heterocycles. The first-order chi connectivity index (χ1) is 6.79. The molecule has 14 heavy (non-hydrogen) atoms. The number of aromatic nitrogens is 2. The van der Waals surface area contributed by atoms with Crippen molar-refractivity contribution in [3.05, 3.63) is 23.8 Å². The minimum atomic E-state index is -0.368. The molecule has 0 spiro atoms. The molecule has 0 aromatic carbocycles. The van der Waals surface area contributed by atoms with Gasteiger partial charge in [-0.1, -0.05) is 0 Å². The quantitative estimate of drug-likeness (QED) is 0.674. The van der Waals surface area contributed by atoms with Crippen molar-refractivity contribution in [2.45, 2.75) is 27.1 Å². The molecule has 0 N–H and O–H groups in total. The Morgan fingerprint density at radius 1 is 1.29 bits per heavy atom. The molecule has 1 rings (SSSR count). The van der Waals surface area contributed by atoms with E-state index in [-0.39, 0.29) is 6.29 Å². The van der Waals surface area contributed by atoms with E-state index in [1.54, 1.807) is 6.20 Å². The van der Waals surface area contributed by atoms with Crippen molar-refractivity contribution in [2.24, 2.45) is 0 Å². The summed E-state index contributed by atoms with van der Waals surface area (Å²) < 4.78 is 10.9. The van der Waals surface area contributed by atoms with Crippen LogP contribution in [0, 0.1) is 6.92 Å². The van der Waals surface area contributed by atoms with Crippen molar-refractivity contribution < 1.29 is 9.47 Å². The van der Waals surface area contributed by atoms with Gasteiger partial charge in [-0.3, -0.25) is 0 Å². The van der Waals surface area contributed by atoms with Crippen LogP contribution >= 0.6 is 0 Å². The molecule has 0 aliphatic carbocycles. The molecule has 0 unspecified atom stereocenters. The summed E-state index contributed by atoms with van der Waals surface area (Å²) in [6.45, 7) is 7.02. The summed E-state index contributed by atoms with van der Waals surface area (Å²) in [5.41, 5.74) is 1.79. The molecule has 1 aromatic rings. The van der Waals surface area contributed by atoms with Gasteiger partial charge in [-0.25, -0.2) is 9.97 Å². The van der Waals surface area contributed by atoms with Gasteiger partial charge in [0.15, 0.2) is 0 Å². The summed E-state index contributed by atoms with van der Waals surface area (Å²) in [7, 11) is 0. The normalized spacial score (nSPS) is 10.9. The van der Waals surface area contributed by atoms with Crippen molar-refractivity contribution in [3.63, 3.8) is 0 Å². The van der Waals surface area contributed by atoms with E-state index in [4.69, 9.17) is 9.47 Å². The van der Waals surface area contributed by atoms with E-state index in [1.807, 2.05) is 20.8 Å². The van der Waals surface area contributed by atoms with Gasteiger partial charge in [0.05, 0.1) is 0 Å². The average Bonchev–Trinajstić information content (AvgIpc) is 2.18. The second-order valence-electron chi connectivity index (χ2n) is 2.83. The molecule has 0 aliphatic rings. The van der Waals surface area contributed by atoms with Gasteiger partial charge in [0.2, 0.25) is 6.29 Å². The fraction of sp³-hybridized carbons (Fsp3) is 0.600. The fourth-order valence-electron chi connectivity index (χ4n) is 1.16. The number of nitrogens with zero attached hydrogens (tertiary/aromatic N) is 2. The summed E-state index contributed by atoms with van der Waals surface area (Å²) in [4.78, 5) is 8.08. The van der Waals surface area contributed by atoms with Crippen LogP contribution in [0.4, 0.5) is 0 Å². The standard InChI is InChI=1S/C10H16N2O2/c1-4-13-10(14-5-2)9-8(3)6-11-7-12-9/h6-7,10H,4-5H2,1-3H3. The first kappa shape index (κ1) is 11.1. The first-order valence-corrected chi connectivity index (χ1v) is 4.79. The summed E-state index contributed by atoms with van der Waals surface area (Å²) in [6.07, 6.45) is 2.90. The van der Waals surface area contributed by atoms with Crippen LogP contribution in [0.15, 0.2) is 12.5 Å². The Labute approximate surface area is 84.3 Å². The molecule has 0 saturated carbocycles. The van der Waals surface area contributed by atoms with E-state index < -0.39 is 0 Å². The topological polar surface area (TPSA) is 44.2 Å². The highest BCUT2D eigenvalue weighted by atomic mass is 16.7. The number of ether oxygens (including phenoxy) is 2. The van der Waals surface area contributed by atoms with E-state index in [2.05, 4.69) is 9.97 Å². The zero-order valence-corrected chi connectivity index (χ0v) is 8.86. The second-order valence-corrected chi connectivity index (χ2v) is 2.83. The van der Waals surface area contributed by atoms with Gasteiger partial charge in [-0.05, 0) is 26.3 Å². The smallest absolute Gasteiger partial charge is 0.201 e. The number of hydrogen-bond donors (Lipinski definition) is 0. The lowest BCUT2D eigenvalue weighted by Crippen LogP contribution is -2.12. The molecule has 78 valence electrons. The third-order valence-corrected chi connectivity index (χ3v) is 1.80. The lowest BCUT2D eigenvalue weighted by Gasteiger charge is -2.17. The maximum atomic E-state index is 5.44. The van der Waals surface area contributed by atoms with Gasteiger partial charge >= 0.3 is 0 Å². The SMILES string of the molecule is CCOC(OCC)c1ncncc1C. The van der Waals surface area contributed by atoms with Crippen LogP contribution in [0.2, 0.25) is 0 Å². The zero-order chi connectivity index (χ0) is 10.4. The molecule has 4 nitrogen and oxygen atoms in total. The Morgan fingerprint density at radius 2 is 1.93 bits per heavy atom. The Balaban J connectivity index is 2.81. The van der Waals surface area contributed by atoms with Crippen LogP contribution in [0.1, 0.15) is 31.4 Å². The fourth-order valence-corrected chi connectivity index (χ4v) is 1.16. The van der Waals surface area contributed by atoms with Crippen LogP contribution in [0.25, 0.3) is 0 Å². The van der Waals surface area contributed by atoms with Gasteiger partial charge in [0, 0.05) is 19.4 Å². The first-order valence-electron chi connectivity index (χ1n) is 4.79. The Hall–Kier alpha value is -1.00. The summed E-state index contributed by atoms with van der Waals surface area (Å²) in [5.74, 6) is 0. The lowest BCUT2D eigenvalue weighted by atomic mass is 10.2. The molecule has 0 fully saturated rings. The van der Waals surface area contributed by atoms with Crippen LogP contribution in [0.3, 0.4) is 0 Å². The van der Waals surface area contributed by atoms with Gasteiger partial charge in [-0.2, -0.15) is 0 Å². The predicted octanol–water partition coefficient (Wildman–Crippen LogP) is 1.86. The monoisotopic (exact) mass is 196 g/mol. The molecule has 0 aliphatic heterocycles. The number of rotatable bonds is 5. The van der Waals surface area contributed by atoms with Gasteiger partial charge in [0.1, 0.15) is 12.0 Å². The summed E-state index contributed by atoms with van der Waals surface area (Å²) in [5, 5.41) is 0. The third kappa shape index (κ3) is 2.75. The minimum absolute atomic E-state index is 0.368. The molecular weight excluding hydrogens is 180 g/mol. The minimum Gasteiger partial charge on any atom is -0.347 e. The van der Waals surface area contributed by atoms with E-state index in [0.29, 0.717) is 13.2 Å². The maximum absolute atomic E-state index is 5.44. The predicted molar refractivity (Wildman–Crippen MR) is 52.8 cm³/mol. The number of aryl methyl sites for hydroxylation is 1. The largest absolute Gasteiger partial charge is 0.347 e. The van der Waals surface area contributed by atoms with E-state index in [1.165, 1.54) is 6.33 Å². The second kappa shape index (κ2) is 5.67. The molecule has 4 heteroatoms. The van der Waals surface area contributed by atoms with Gasteiger partial charge < -0.3 is 9.47 Å². The Bertz CT molecular complexity index is 273. The van der Waals surface area contributed by atoms with E-state index in [0.717, 1.165) is 11.3 Å². The molecule has 0 bridgehead atoms. The summed E-state index contributed by atoms with van der Waals surface area (Å²) >= 11 is 0. The van der Waals surface area contributed by atoms with Crippen LogP contribution in [-0.2, 0) is 9.47 Å². The average molecular weight is 196 g/mol. The van der Waals surface area contributed by atoms with E-state index in [9.17, 15) is 0 Å². The molecule has 1 heterocycles.